The molecule has 24 heavy (non-hydrogen) atoms. The molecular formula is C15H25ClO6Rh2. The average Bonchev–Trinajstić information content (AvgIpc) is 2.10. The molecule has 9 heteroatoms. The SMILES string of the molecule is CC(=O)/C=C(/C)O.CC(=O)/C=C(/C)O.CC(=O)/C=C(/C)O.Cl.[Rh].[Rh]. The van der Waals surface area contributed by atoms with E-state index in [1.807, 2.05) is 0 Å². The molecular weight excluding hydrogens is 517 g/mol. The molecule has 2 radical (unpaired) electrons. The third kappa shape index (κ3) is 69.0. The predicted octanol–water partition coefficient (Wildman–Crippen LogP) is 3.53. The molecule has 146 valence electrons. The number of carbonyl (C=O) groups excluding carboxylic acids is 3. The fourth-order valence-corrected chi connectivity index (χ4v) is 0.882. The second kappa shape index (κ2) is 24.4. The van der Waals surface area contributed by atoms with Crippen molar-refractivity contribution in [3.8, 4) is 0 Å². The van der Waals surface area contributed by atoms with Crippen molar-refractivity contribution >= 4 is 29.8 Å². The van der Waals surface area contributed by atoms with E-state index in [9.17, 15) is 14.4 Å². The van der Waals surface area contributed by atoms with Gasteiger partial charge in [-0.1, -0.05) is 0 Å². The van der Waals surface area contributed by atoms with E-state index in [2.05, 4.69) is 0 Å². The molecule has 0 saturated carbocycles. The van der Waals surface area contributed by atoms with Crippen LogP contribution in [0.5, 0.6) is 0 Å². The first-order valence-electron chi connectivity index (χ1n) is 6.02. The van der Waals surface area contributed by atoms with Gasteiger partial charge in [-0.15, -0.1) is 12.4 Å². The van der Waals surface area contributed by atoms with Crippen LogP contribution < -0.4 is 0 Å². The maximum atomic E-state index is 10.0. The molecule has 0 heterocycles. The summed E-state index contributed by atoms with van der Waals surface area (Å²) in [5, 5.41) is 25.1. The number of aliphatic hydroxyl groups excluding tert-OH is 3. The molecule has 0 aromatic rings. The maximum absolute atomic E-state index is 10.0. The third-order valence-corrected chi connectivity index (χ3v) is 1.24. The Hall–Kier alpha value is -0.833. The van der Waals surface area contributed by atoms with Crippen molar-refractivity contribution in [1.29, 1.82) is 0 Å². The van der Waals surface area contributed by atoms with Gasteiger partial charge in [0.2, 0.25) is 0 Å². The smallest absolute Gasteiger partial charge is 0.155 e. The van der Waals surface area contributed by atoms with Crippen LogP contribution in [-0.4, -0.2) is 32.7 Å². The van der Waals surface area contributed by atoms with Gasteiger partial charge in [-0.2, -0.15) is 0 Å². The maximum Gasteiger partial charge on any atom is 0.155 e. The summed E-state index contributed by atoms with van der Waals surface area (Å²) in [7, 11) is 0. The normalized spacial score (nSPS) is 10.0. The first kappa shape index (κ1) is 38.6. The van der Waals surface area contributed by atoms with Crippen LogP contribution in [0.25, 0.3) is 0 Å². The Kier molecular flexibility index (Phi) is 39.3. The summed E-state index contributed by atoms with van der Waals surface area (Å²) in [6.45, 7) is 8.54. The van der Waals surface area contributed by atoms with E-state index in [-0.39, 0.29) is 86.0 Å². The summed E-state index contributed by atoms with van der Waals surface area (Å²) in [5.41, 5.74) is 0. The predicted molar refractivity (Wildman–Crippen MR) is 88.4 cm³/mol. The Morgan fingerprint density at radius 2 is 0.667 bits per heavy atom. The van der Waals surface area contributed by atoms with E-state index in [0.717, 1.165) is 0 Å². The number of halogens is 1. The summed E-state index contributed by atoms with van der Waals surface area (Å²) in [5.74, 6) is -0.187. The van der Waals surface area contributed by atoms with Crippen LogP contribution in [0.4, 0.5) is 0 Å². The second-order valence-corrected chi connectivity index (χ2v) is 4.19. The molecule has 0 amide bonds. The van der Waals surface area contributed by atoms with Crippen molar-refractivity contribution in [3.63, 3.8) is 0 Å². The number of hydrogen-bond donors (Lipinski definition) is 3. The molecule has 0 atom stereocenters. The minimum atomic E-state index is -0.125. The fourth-order valence-electron chi connectivity index (χ4n) is 0.882. The number of carbonyl (C=O) groups is 3. The molecule has 6 nitrogen and oxygen atoms in total. The van der Waals surface area contributed by atoms with Crippen LogP contribution in [0.15, 0.2) is 35.5 Å². The molecule has 0 unspecified atom stereocenters. The molecule has 0 saturated heterocycles. The van der Waals surface area contributed by atoms with Crippen molar-refractivity contribution in [2.24, 2.45) is 0 Å². The largest absolute Gasteiger partial charge is 0.512 e. The van der Waals surface area contributed by atoms with E-state index in [4.69, 9.17) is 15.3 Å². The standard InChI is InChI=1S/3C5H8O2.ClH.2Rh/c3*1-4(6)3-5(2)7;;;/h3*3,6H,1-2H3;1H;;/b3*4-3-;;;. The van der Waals surface area contributed by atoms with Gasteiger partial charge in [0, 0.05) is 57.2 Å². The van der Waals surface area contributed by atoms with Gasteiger partial charge in [-0.05, 0) is 41.5 Å². The van der Waals surface area contributed by atoms with E-state index < -0.39 is 0 Å². The van der Waals surface area contributed by atoms with Crippen LogP contribution >= 0.6 is 12.4 Å². The van der Waals surface area contributed by atoms with Gasteiger partial charge in [-0.3, -0.25) is 14.4 Å². The number of ketones is 3. The molecule has 0 spiro atoms. The van der Waals surface area contributed by atoms with Gasteiger partial charge < -0.3 is 15.3 Å². The van der Waals surface area contributed by atoms with Gasteiger partial charge >= 0.3 is 0 Å². The molecule has 0 aromatic carbocycles. The fraction of sp³-hybridized carbons (Fsp3) is 0.400. The summed E-state index contributed by atoms with van der Waals surface area (Å²) < 4.78 is 0. The minimum absolute atomic E-state index is 0. The molecule has 0 aliphatic rings. The Morgan fingerprint density at radius 3 is 0.667 bits per heavy atom. The monoisotopic (exact) mass is 542 g/mol. The molecule has 0 bridgehead atoms. The number of rotatable bonds is 3. The van der Waals surface area contributed by atoms with Crippen LogP contribution in [0, 0.1) is 0 Å². The van der Waals surface area contributed by atoms with E-state index in [0.29, 0.717) is 0 Å². The average molecular weight is 543 g/mol. The molecule has 0 fully saturated rings. The molecule has 0 aliphatic carbocycles. The minimum Gasteiger partial charge on any atom is -0.512 e. The Morgan fingerprint density at radius 1 is 0.542 bits per heavy atom. The van der Waals surface area contributed by atoms with Gasteiger partial charge in [0.1, 0.15) is 0 Å². The Bertz CT molecular complexity index is 378. The van der Waals surface area contributed by atoms with Gasteiger partial charge in [0.05, 0.1) is 17.3 Å². The summed E-state index contributed by atoms with van der Waals surface area (Å²) in [4.78, 5) is 30.1. The summed E-state index contributed by atoms with van der Waals surface area (Å²) in [6, 6.07) is 0. The van der Waals surface area contributed by atoms with Crippen LogP contribution in [0.2, 0.25) is 0 Å². The van der Waals surface area contributed by atoms with Crippen LogP contribution in [-0.2, 0) is 53.3 Å². The van der Waals surface area contributed by atoms with Crippen LogP contribution in [0.1, 0.15) is 41.5 Å². The van der Waals surface area contributed by atoms with Crippen molar-refractivity contribution in [1.82, 2.24) is 0 Å². The summed E-state index contributed by atoms with van der Waals surface area (Å²) >= 11 is 0. The second-order valence-electron chi connectivity index (χ2n) is 4.19. The van der Waals surface area contributed by atoms with E-state index in [1.165, 1.54) is 59.8 Å². The van der Waals surface area contributed by atoms with Crippen molar-refractivity contribution in [3.05, 3.63) is 35.5 Å². The molecule has 0 aromatic heterocycles. The van der Waals surface area contributed by atoms with E-state index in [1.54, 1.807) is 0 Å². The number of allylic oxidation sites excluding steroid dienone is 6. The van der Waals surface area contributed by atoms with Gasteiger partial charge in [0.25, 0.3) is 0 Å². The third-order valence-electron chi connectivity index (χ3n) is 1.24. The molecule has 3 N–H and O–H groups in total. The molecule has 0 rings (SSSR count). The number of aliphatic hydroxyl groups is 3. The zero-order chi connectivity index (χ0) is 17.6. The quantitative estimate of drug-likeness (QED) is 0.286. The zero-order valence-corrected chi connectivity index (χ0v) is 18.5. The summed E-state index contributed by atoms with van der Waals surface area (Å²) in [6.07, 6.45) is 3.50. The number of hydrogen-bond acceptors (Lipinski definition) is 6. The topological polar surface area (TPSA) is 112 Å². The Labute approximate surface area is 175 Å². The molecule has 0 aliphatic heterocycles. The van der Waals surface area contributed by atoms with Gasteiger partial charge in [-0.25, -0.2) is 0 Å². The van der Waals surface area contributed by atoms with Crippen molar-refractivity contribution in [2.45, 2.75) is 41.5 Å². The van der Waals surface area contributed by atoms with Crippen molar-refractivity contribution in [2.75, 3.05) is 0 Å². The zero-order valence-electron chi connectivity index (χ0n) is 14.4. The van der Waals surface area contributed by atoms with Crippen LogP contribution in [0.3, 0.4) is 0 Å². The first-order chi connectivity index (χ1) is 9.38. The van der Waals surface area contributed by atoms with Crippen molar-refractivity contribution < 1.29 is 68.7 Å². The first-order valence-corrected chi connectivity index (χ1v) is 6.02. The Balaban J connectivity index is -0.0000000476. The van der Waals surface area contributed by atoms with E-state index >= 15 is 0 Å². The van der Waals surface area contributed by atoms with Gasteiger partial charge in [0.15, 0.2) is 17.3 Å².